The van der Waals surface area contributed by atoms with Crippen LogP contribution in [0.3, 0.4) is 0 Å². The van der Waals surface area contributed by atoms with Crippen LogP contribution in [0, 0.1) is 5.92 Å². The average molecular weight is 230 g/mol. The number of imidazole rings is 1. The van der Waals surface area contributed by atoms with E-state index >= 15 is 0 Å². The Labute approximate surface area is 101 Å². The van der Waals surface area contributed by atoms with Crippen LogP contribution in [0.15, 0.2) is 18.3 Å². The summed E-state index contributed by atoms with van der Waals surface area (Å²) in [7, 11) is 0. The molecule has 0 spiro atoms. The molecule has 1 atom stereocenters. The Morgan fingerprint density at radius 3 is 2.82 bits per heavy atom. The Kier molecular flexibility index (Phi) is 2.40. The Morgan fingerprint density at radius 2 is 2.18 bits per heavy atom. The van der Waals surface area contributed by atoms with Crippen LogP contribution in [0.2, 0.25) is 0 Å². The van der Waals surface area contributed by atoms with Crippen LogP contribution in [-0.2, 0) is 0 Å². The summed E-state index contributed by atoms with van der Waals surface area (Å²) in [5, 5.41) is 0. The molecule has 4 heteroatoms. The summed E-state index contributed by atoms with van der Waals surface area (Å²) >= 11 is 0. The highest BCUT2D eigenvalue weighted by atomic mass is 15.2. The summed E-state index contributed by atoms with van der Waals surface area (Å²) in [6.45, 7) is 4.30. The second-order valence-electron chi connectivity index (χ2n) is 5.14. The highest BCUT2D eigenvalue weighted by Crippen LogP contribution is 2.40. The average Bonchev–Trinajstić information content (AvgIpc) is 3.07. The second kappa shape index (κ2) is 3.81. The van der Waals surface area contributed by atoms with Crippen molar-refractivity contribution in [3.05, 3.63) is 24.2 Å². The number of hydrogen-bond acceptors (Lipinski definition) is 3. The molecule has 2 aromatic rings. The molecule has 1 fully saturated rings. The van der Waals surface area contributed by atoms with Crippen LogP contribution in [0.4, 0.5) is 0 Å². The topological polar surface area (TPSA) is 56.7 Å². The molecule has 2 N–H and O–H groups in total. The van der Waals surface area contributed by atoms with Gasteiger partial charge in [0.1, 0.15) is 11.3 Å². The number of nitrogens with zero attached hydrogens (tertiary/aromatic N) is 3. The van der Waals surface area contributed by atoms with E-state index in [9.17, 15) is 0 Å². The molecule has 1 unspecified atom stereocenters. The van der Waals surface area contributed by atoms with E-state index in [-0.39, 0.29) is 6.04 Å². The number of aromatic nitrogens is 3. The van der Waals surface area contributed by atoms with Gasteiger partial charge in [-0.1, -0.05) is 0 Å². The third kappa shape index (κ3) is 1.72. The van der Waals surface area contributed by atoms with Gasteiger partial charge in [0.25, 0.3) is 0 Å². The van der Waals surface area contributed by atoms with Gasteiger partial charge in [0.2, 0.25) is 0 Å². The van der Waals surface area contributed by atoms with Gasteiger partial charge in [0.15, 0.2) is 5.65 Å². The van der Waals surface area contributed by atoms with Gasteiger partial charge in [-0.25, -0.2) is 9.97 Å². The normalized spacial score (nSPS) is 17.9. The molecule has 2 heterocycles. The van der Waals surface area contributed by atoms with E-state index in [1.807, 2.05) is 18.3 Å². The van der Waals surface area contributed by atoms with Gasteiger partial charge >= 0.3 is 0 Å². The quantitative estimate of drug-likeness (QED) is 0.881. The Morgan fingerprint density at radius 1 is 1.41 bits per heavy atom. The molecule has 90 valence electrons. The first-order valence-corrected chi connectivity index (χ1v) is 6.27. The molecule has 1 aliphatic rings. The molecule has 4 nitrogen and oxygen atoms in total. The Hall–Kier alpha value is -1.42. The monoisotopic (exact) mass is 230 g/mol. The van der Waals surface area contributed by atoms with Crippen molar-refractivity contribution in [2.75, 3.05) is 0 Å². The van der Waals surface area contributed by atoms with E-state index in [4.69, 9.17) is 5.73 Å². The summed E-state index contributed by atoms with van der Waals surface area (Å²) in [4.78, 5) is 9.10. The van der Waals surface area contributed by atoms with Gasteiger partial charge in [-0.05, 0) is 44.7 Å². The SMILES string of the molecule is CC(C)n1c(C(N)C2CC2)nc2cccnc21. The van der Waals surface area contributed by atoms with Crippen LogP contribution >= 0.6 is 0 Å². The molecule has 0 aliphatic heterocycles. The van der Waals surface area contributed by atoms with E-state index in [1.165, 1.54) is 12.8 Å². The number of pyridine rings is 1. The number of rotatable bonds is 3. The molecule has 0 bridgehead atoms. The predicted octanol–water partition coefficient (Wildman–Crippen LogP) is 2.42. The minimum atomic E-state index is 0.0617. The van der Waals surface area contributed by atoms with Crippen molar-refractivity contribution in [2.24, 2.45) is 11.7 Å². The first-order chi connectivity index (χ1) is 8.18. The molecule has 0 aromatic carbocycles. The largest absolute Gasteiger partial charge is 0.321 e. The minimum absolute atomic E-state index is 0.0617. The fraction of sp³-hybridized carbons (Fsp3) is 0.538. The lowest BCUT2D eigenvalue weighted by atomic mass is 10.2. The summed E-state index contributed by atoms with van der Waals surface area (Å²) in [6, 6.07) is 4.33. The Balaban J connectivity index is 2.18. The molecule has 17 heavy (non-hydrogen) atoms. The highest BCUT2D eigenvalue weighted by molar-refractivity contribution is 5.71. The van der Waals surface area contributed by atoms with Gasteiger partial charge in [0.05, 0.1) is 6.04 Å². The maximum absolute atomic E-state index is 6.29. The molecular weight excluding hydrogens is 212 g/mol. The van der Waals surface area contributed by atoms with Crippen molar-refractivity contribution in [1.29, 1.82) is 0 Å². The van der Waals surface area contributed by atoms with Crippen molar-refractivity contribution in [3.8, 4) is 0 Å². The summed E-state index contributed by atoms with van der Waals surface area (Å²) in [5.74, 6) is 1.61. The molecule has 3 rings (SSSR count). The van der Waals surface area contributed by atoms with Crippen molar-refractivity contribution in [1.82, 2.24) is 14.5 Å². The number of nitrogens with two attached hydrogens (primary N) is 1. The predicted molar refractivity (Wildman–Crippen MR) is 67.6 cm³/mol. The van der Waals surface area contributed by atoms with Gasteiger partial charge < -0.3 is 10.3 Å². The fourth-order valence-electron chi connectivity index (χ4n) is 2.36. The van der Waals surface area contributed by atoms with Crippen molar-refractivity contribution in [3.63, 3.8) is 0 Å². The van der Waals surface area contributed by atoms with Crippen LogP contribution in [-0.4, -0.2) is 14.5 Å². The first-order valence-electron chi connectivity index (χ1n) is 6.27. The van der Waals surface area contributed by atoms with Crippen LogP contribution in [0.5, 0.6) is 0 Å². The van der Waals surface area contributed by atoms with Gasteiger partial charge in [0, 0.05) is 12.2 Å². The van der Waals surface area contributed by atoms with Gasteiger partial charge in [-0.2, -0.15) is 0 Å². The standard InChI is InChI=1S/C13H18N4/c1-8(2)17-12-10(4-3-7-15-12)16-13(17)11(14)9-5-6-9/h3-4,7-9,11H,5-6,14H2,1-2H3. The zero-order chi connectivity index (χ0) is 12.0. The van der Waals surface area contributed by atoms with Gasteiger partial charge in [-0.15, -0.1) is 0 Å². The molecule has 0 amide bonds. The molecule has 0 saturated heterocycles. The summed E-state index contributed by atoms with van der Waals surface area (Å²) in [5.41, 5.74) is 8.20. The highest BCUT2D eigenvalue weighted by Gasteiger charge is 2.33. The lowest BCUT2D eigenvalue weighted by Crippen LogP contribution is -2.19. The lowest BCUT2D eigenvalue weighted by Gasteiger charge is -2.16. The maximum atomic E-state index is 6.29. The number of hydrogen-bond donors (Lipinski definition) is 1. The van der Waals surface area contributed by atoms with E-state index in [0.29, 0.717) is 12.0 Å². The van der Waals surface area contributed by atoms with Gasteiger partial charge in [-0.3, -0.25) is 0 Å². The zero-order valence-electron chi connectivity index (χ0n) is 10.3. The lowest BCUT2D eigenvalue weighted by molar-refractivity contribution is 0.510. The van der Waals surface area contributed by atoms with E-state index in [0.717, 1.165) is 17.0 Å². The van der Waals surface area contributed by atoms with Crippen molar-refractivity contribution >= 4 is 11.2 Å². The summed E-state index contributed by atoms with van der Waals surface area (Å²) < 4.78 is 2.18. The molecule has 1 aliphatic carbocycles. The number of fused-ring (bicyclic) bond motifs is 1. The van der Waals surface area contributed by atoms with Crippen LogP contribution in [0.25, 0.3) is 11.2 Å². The van der Waals surface area contributed by atoms with E-state index in [1.54, 1.807) is 0 Å². The molecule has 0 radical (unpaired) electrons. The van der Waals surface area contributed by atoms with Crippen LogP contribution in [0.1, 0.15) is 44.6 Å². The van der Waals surface area contributed by atoms with E-state index in [2.05, 4.69) is 28.4 Å². The molecule has 2 aromatic heterocycles. The van der Waals surface area contributed by atoms with Crippen LogP contribution < -0.4 is 5.73 Å². The van der Waals surface area contributed by atoms with Crippen molar-refractivity contribution in [2.45, 2.75) is 38.8 Å². The molecule has 1 saturated carbocycles. The van der Waals surface area contributed by atoms with E-state index < -0.39 is 0 Å². The third-order valence-electron chi connectivity index (χ3n) is 3.42. The minimum Gasteiger partial charge on any atom is -0.321 e. The zero-order valence-corrected chi connectivity index (χ0v) is 10.3. The first kappa shape index (κ1) is 10.7. The fourth-order valence-corrected chi connectivity index (χ4v) is 2.36. The smallest absolute Gasteiger partial charge is 0.160 e. The maximum Gasteiger partial charge on any atom is 0.160 e. The third-order valence-corrected chi connectivity index (χ3v) is 3.42. The Bertz CT molecular complexity index is 539. The molecular formula is C13H18N4. The summed E-state index contributed by atoms with van der Waals surface area (Å²) in [6.07, 6.45) is 4.28. The second-order valence-corrected chi connectivity index (χ2v) is 5.14. The van der Waals surface area contributed by atoms with Crippen molar-refractivity contribution < 1.29 is 0 Å².